The van der Waals surface area contributed by atoms with Crippen LogP contribution in [0, 0.1) is 17.8 Å². The second-order valence-corrected chi connectivity index (χ2v) is 17.5. The summed E-state index contributed by atoms with van der Waals surface area (Å²) in [7, 11) is 5.81. The fourth-order valence-corrected chi connectivity index (χ4v) is 9.05. The van der Waals surface area contributed by atoms with E-state index in [2.05, 4.69) is 28.2 Å². The van der Waals surface area contributed by atoms with Crippen molar-refractivity contribution in [3.05, 3.63) is 48.2 Å². The molecule has 13 nitrogen and oxygen atoms in total. The number of cyclic esters (lactones) is 1. The first-order chi connectivity index (χ1) is 27.8. The van der Waals surface area contributed by atoms with Gasteiger partial charge < -0.3 is 43.9 Å². The molecule has 2 unspecified atom stereocenters. The fraction of sp³-hybridized carbons (Fsp3) is 0.682. The Labute approximate surface area is 354 Å². The van der Waals surface area contributed by atoms with Crippen LogP contribution in [-0.2, 0) is 33.3 Å². The lowest BCUT2D eigenvalue weighted by Crippen LogP contribution is -2.60. The number of alkyl carbamates (subject to hydrolysis) is 1. The SMILES string of the molecule is CC[C@H]1OC(=O)[C@H](C)C(=O)[C@H](C)[C@@H](O[C@@H]2O[C@H](C)CC(N(C)C)C2O)[C@](C)(OC/C=C/c2cnc3ccccc3c2)C[C@@H](C)CN(C)[C@H](C)[C@H]2NC(=O)O[C@@]21C.CSF. The molecular weight excluding hydrogens is 780 g/mol. The van der Waals surface area contributed by atoms with Gasteiger partial charge in [0.15, 0.2) is 17.7 Å². The highest BCUT2D eigenvalue weighted by atomic mass is 32.2. The van der Waals surface area contributed by atoms with E-state index in [4.69, 9.17) is 23.7 Å². The molecule has 0 saturated carbocycles. The third kappa shape index (κ3) is 11.6. The highest BCUT2D eigenvalue weighted by molar-refractivity contribution is 7.93. The average Bonchev–Trinajstić information content (AvgIpc) is 3.50. The predicted molar refractivity (Wildman–Crippen MR) is 228 cm³/mol. The monoisotopic (exact) mass is 846 g/mol. The molecule has 3 aliphatic heterocycles. The molecule has 0 radical (unpaired) electrons. The van der Waals surface area contributed by atoms with Crippen molar-refractivity contribution in [2.24, 2.45) is 17.8 Å². The molecule has 4 heterocycles. The van der Waals surface area contributed by atoms with Gasteiger partial charge in [0.25, 0.3) is 0 Å². The number of fused-ring (bicyclic) bond motifs is 2. The Kier molecular flexibility index (Phi) is 17.3. The number of aromatic nitrogens is 1. The first-order valence-corrected chi connectivity index (χ1v) is 21.8. The zero-order valence-corrected chi connectivity index (χ0v) is 37.7. The molecule has 1 aromatic heterocycles. The summed E-state index contributed by atoms with van der Waals surface area (Å²) in [5, 5.41) is 15.6. The van der Waals surface area contributed by atoms with E-state index in [1.54, 1.807) is 13.8 Å². The van der Waals surface area contributed by atoms with Crippen molar-refractivity contribution in [2.75, 3.05) is 40.6 Å². The summed E-state index contributed by atoms with van der Waals surface area (Å²) in [5.74, 6) is -3.22. The smallest absolute Gasteiger partial charge is 0.408 e. The van der Waals surface area contributed by atoms with E-state index in [9.17, 15) is 23.4 Å². The number of pyridine rings is 1. The van der Waals surface area contributed by atoms with Crippen molar-refractivity contribution in [2.45, 2.75) is 135 Å². The molecule has 3 fully saturated rings. The highest BCUT2D eigenvalue weighted by Gasteiger charge is 2.56. The molecule has 15 heteroatoms. The van der Waals surface area contributed by atoms with Crippen LogP contribution in [0.1, 0.15) is 80.2 Å². The third-order valence-corrected chi connectivity index (χ3v) is 12.3. The number of halogens is 1. The van der Waals surface area contributed by atoms with E-state index in [0.29, 0.717) is 25.8 Å². The van der Waals surface area contributed by atoms with Crippen LogP contribution in [-0.4, -0.2) is 138 Å². The van der Waals surface area contributed by atoms with Crippen molar-refractivity contribution in [1.82, 2.24) is 20.1 Å². The number of aliphatic hydroxyl groups is 1. The number of carbonyl (C=O) groups excluding carboxylic acids is 3. The maximum atomic E-state index is 14.5. The average molecular weight is 847 g/mol. The van der Waals surface area contributed by atoms with Crippen molar-refractivity contribution in [3.8, 4) is 0 Å². The molecule has 1 aromatic carbocycles. The minimum absolute atomic E-state index is 0.0214. The van der Waals surface area contributed by atoms with Crippen LogP contribution < -0.4 is 5.32 Å². The lowest BCUT2D eigenvalue weighted by molar-refractivity contribution is -0.297. The molecular formula is C44H67FN4O9S. The van der Waals surface area contributed by atoms with Gasteiger partial charge in [-0.1, -0.05) is 51.1 Å². The number of nitrogens with zero attached hydrogens (tertiary/aromatic N) is 3. The standard InChI is InChI=1S/C43H64N4O9.CH3FS/c1-12-34-43(8)37(45-41(51)56-43)29(6)47(11)24-25(2)22-42(7,52-19-15-16-30-21-31-17-13-14-18-32(31)44-23-30)38(27(4)35(48)28(5)39(50)54-34)55-40-36(49)33(46(9)10)20-26(3)53-40;1-3-2/h13-18,21,23,25-29,33-34,36-38,40,49H,12,19-20,22,24H2,1-11H3,(H,45,51);1H3/b16-15+;/t25-,26-,27+,28-,29-,33?,34-,36?,37-,38-,40+,42-,43-;/m1./s1. The topological polar surface area (TPSA) is 149 Å². The summed E-state index contributed by atoms with van der Waals surface area (Å²) < 4.78 is 42.1. The van der Waals surface area contributed by atoms with E-state index < -0.39 is 71.5 Å². The lowest BCUT2D eigenvalue weighted by atomic mass is 9.78. The van der Waals surface area contributed by atoms with Gasteiger partial charge in [-0.25, -0.2) is 4.79 Å². The zero-order chi connectivity index (χ0) is 43.8. The summed E-state index contributed by atoms with van der Waals surface area (Å²) >= 11 is 0.250. The molecule has 0 aliphatic carbocycles. The predicted octanol–water partition coefficient (Wildman–Crippen LogP) is 6.46. The van der Waals surface area contributed by atoms with E-state index in [-0.39, 0.29) is 42.9 Å². The number of carbonyl (C=O) groups is 3. The number of amides is 1. The summed E-state index contributed by atoms with van der Waals surface area (Å²) in [6, 6.07) is 9.00. The van der Waals surface area contributed by atoms with Gasteiger partial charge in [-0.15, -0.1) is 0 Å². The Morgan fingerprint density at radius 3 is 2.47 bits per heavy atom. The maximum absolute atomic E-state index is 14.5. The second kappa shape index (κ2) is 21.1. The minimum atomic E-state index is -1.19. The number of hydrogen-bond donors (Lipinski definition) is 2. The number of rotatable bonds is 8. The Morgan fingerprint density at radius 2 is 1.81 bits per heavy atom. The highest BCUT2D eigenvalue weighted by Crippen LogP contribution is 2.39. The van der Waals surface area contributed by atoms with Crippen molar-refractivity contribution >= 4 is 47.0 Å². The normalized spacial score (nSPS) is 36.5. The number of hydrogen-bond acceptors (Lipinski definition) is 13. The Hall–Kier alpha value is -3.18. The van der Waals surface area contributed by atoms with Crippen LogP contribution in [0.5, 0.6) is 0 Å². The molecule has 13 atom stereocenters. The largest absolute Gasteiger partial charge is 0.458 e. The zero-order valence-electron chi connectivity index (χ0n) is 36.8. The number of esters is 1. The van der Waals surface area contributed by atoms with Gasteiger partial charge in [0, 0.05) is 54.5 Å². The molecule has 59 heavy (non-hydrogen) atoms. The molecule has 1 amide bonds. The van der Waals surface area contributed by atoms with Crippen LogP contribution >= 0.6 is 12.1 Å². The van der Waals surface area contributed by atoms with Gasteiger partial charge in [-0.05, 0) is 98.6 Å². The van der Waals surface area contributed by atoms with Crippen molar-refractivity contribution in [3.63, 3.8) is 0 Å². The van der Waals surface area contributed by atoms with E-state index in [1.165, 1.54) is 13.2 Å². The lowest BCUT2D eigenvalue weighted by Gasteiger charge is -2.47. The fourth-order valence-electron chi connectivity index (χ4n) is 9.05. The summed E-state index contributed by atoms with van der Waals surface area (Å²) in [5.41, 5.74) is -0.492. The van der Waals surface area contributed by atoms with Crippen LogP contribution in [0.3, 0.4) is 0 Å². The molecule has 0 spiro atoms. The number of ether oxygens (including phenoxy) is 5. The molecule has 0 bridgehead atoms. The maximum Gasteiger partial charge on any atom is 0.408 e. The molecule has 3 saturated heterocycles. The Morgan fingerprint density at radius 1 is 1.14 bits per heavy atom. The summed E-state index contributed by atoms with van der Waals surface area (Å²) in [6.07, 6.45) is 3.79. The molecule has 330 valence electrons. The Bertz CT molecular complexity index is 1750. The third-order valence-electron chi connectivity index (χ3n) is 12.3. The van der Waals surface area contributed by atoms with Gasteiger partial charge in [0.2, 0.25) is 0 Å². The number of Topliss-reactive ketones (excluding diaryl/α,β-unsaturated/α-hetero) is 1. The molecule has 3 aliphatic rings. The quantitative estimate of drug-likeness (QED) is 0.222. The molecule has 2 N–H and O–H groups in total. The molecule has 5 rings (SSSR count). The van der Waals surface area contributed by atoms with E-state index in [1.807, 2.05) is 96.4 Å². The molecule has 2 aromatic rings. The van der Waals surface area contributed by atoms with Gasteiger partial charge in [0.05, 0.1) is 36.0 Å². The van der Waals surface area contributed by atoms with Crippen LogP contribution in [0.15, 0.2) is 42.6 Å². The number of benzene rings is 1. The van der Waals surface area contributed by atoms with Gasteiger partial charge in [0.1, 0.15) is 18.1 Å². The van der Waals surface area contributed by atoms with Gasteiger partial charge in [-0.2, -0.15) is 3.89 Å². The van der Waals surface area contributed by atoms with Crippen LogP contribution in [0.25, 0.3) is 17.0 Å². The van der Waals surface area contributed by atoms with Crippen molar-refractivity contribution in [1.29, 1.82) is 0 Å². The first-order valence-electron chi connectivity index (χ1n) is 20.7. The van der Waals surface area contributed by atoms with Crippen molar-refractivity contribution < 1.29 is 47.1 Å². The first kappa shape index (κ1) is 48.5. The minimum Gasteiger partial charge on any atom is -0.458 e. The van der Waals surface area contributed by atoms with E-state index in [0.717, 1.165) is 16.5 Å². The summed E-state index contributed by atoms with van der Waals surface area (Å²) in [4.78, 5) is 49.9. The second-order valence-electron chi connectivity index (χ2n) is 17.2. The number of aliphatic hydroxyl groups excluding tert-OH is 1. The van der Waals surface area contributed by atoms with E-state index >= 15 is 0 Å². The van der Waals surface area contributed by atoms with Gasteiger partial charge in [-0.3, -0.25) is 14.6 Å². The number of ketones is 1. The number of para-hydroxylation sites is 1. The van der Waals surface area contributed by atoms with Gasteiger partial charge >= 0.3 is 12.1 Å². The Balaban J connectivity index is 0.00000248. The summed E-state index contributed by atoms with van der Waals surface area (Å²) in [6.45, 7) is 15.7. The number of nitrogens with one attached hydrogen (secondary N) is 1. The number of likely N-dealkylation sites (N-methyl/N-ethyl adjacent to an activating group) is 2. The van der Waals surface area contributed by atoms with Crippen LogP contribution in [0.4, 0.5) is 8.68 Å². The van der Waals surface area contributed by atoms with Crippen LogP contribution in [0.2, 0.25) is 0 Å².